The Kier molecular flexibility index (Phi) is 5.78. The number of carbonyl (C=O) groups excluding carboxylic acids is 1. The van der Waals surface area contributed by atoms with Crippen LogP contribution >= 0.6 is 0 Å². The van der Waals surface area contributed by atoms with Gasteiger partial charge in [-0.15, -0.1) is 0 Å². The van der Waals surface area contributed by atoms with Gasteiger partial charge in [0.15, 0.2) is 0 Å². The third-order valence-electron chi connectivity index (χ3n) is 5.40. The van der Waals surface area contributed by atoms with Gasteiger partial charge < -0.3 is 10.2 Å². The second-order valence-corrected chi connectivity index (χ2v) is 7.27. The van der Waals surface area contributed by atoms with Crippen molar-refractivity contribution in [2.75, 3.05) is 26.2 Å². The zero-order valence-corrected chi connectivity index (χ0v) is 15.9. The SMILES string of the molecule is O=C(NCCN1CCC(c2ccccc2)C1)c1cccc(-c2ccncc2)c1. The van der Waals surface area contributed by atoms with Crippen molar-refractivity contribution in [1.82, 2.24) is 15.2 Å². The van der Waals surface area contributed by atoms with Gasteiger partial charge in [0.1, 0.15) is 0 Å². The number of rotatable bonds is 6. The molecule has 1 atom stereocenters. The summed E-state index contributed by atoms with van der Waals surface area (Å²) in [6, 6.07) is 22.4. The summed E-state index contributed by atoms with van der Waals surface area (Å²) in [4.78, 5) is 19.0. The van der Waals surface area contributed by atoms with Crippen LogP contribution in [0.25, 0.3) is 11.1 Å². The van der Waals surface area contributed by atoms with Crippen molar-refractivity contribution in [2.45, 2.75) is 12.3 Å². The number of hydrogen-bond donors (Lipinski definition) is 1. The minimum Gasteiger partial charge on any atom is -0.351 e. The van der Waals surface area contributed by atoms with Crippen LogP contribution in [-0.4, -0.2) is 42.0 Å². The van der Waals surface area contributed by atoms with E-state index in [4.69, 9.17) is 0 Å². The first-order chi connectivity index (χ1) is 13.8. The molecule has 2 aromatic carbocycles. The number of nitrogens with one attached hydrogen (secondary N) is 1. The van der Waals surface area contributed by atoms with Gasteiger partial charge in [0.25, 0.3) is 5.91 Å². The molecule has 0 radical (unpaired) electrons. The molecule has 0 spiro atoms. The van der Waals surface area contributed by atoms with E-state index in [1.807, 2.05) is 36.4 Å². The summed E-state index contributed by atoms with van der Waals surface area (Å²) >= 11 is 0. The molecule has 3 aromatic rings. The highest BCUT2D eigenvalue weighted by atomic mass is 16.1. The zero-order chi connectivity index (χ0) is 19.2. The molecule has 1 fully saturated rings. The van der Waals surface area contributed by atoms with E-state index in [9.17, 15) is 4.79 Å². The number of carbonyl (C=O) groups is 1. The van der Waals surface area contributed by atoms with Crippen LogP contribution < -0.4 is 5.32 Å². The maximum absolute atomic E-state index is 12.5. The molecule has 1 unspecified atom stereocenters. The van der Waals surface area contributed by atoms with Crippen molar-refractivity contribution in [1.29, 1.82) is 0 Å². The Morgan fingerprint density at radius 2 is 1.82 bits per heavy atom. The predicted molar refractivity (Wildman–Crippen MR) is 112 cm³/mol. The molecule has 1 saturated heterocycles. The Labute approximate surface area is 166 Å². The number of amides is 1. The molecule has 28 heavy (non-hydrogen) atoms. The Hall–Kier alpha value is -2.98. The molecule has 1 aliphatic rings. The minimum absolute atomic E-state index is 0.0188. The average Bonchev–Trinajstić information content (AvgIpc) is 3.24. The fourth-order valence-electron chi connectivity index (χ4n) is 3.85. The monoisotopic (exact) mass is 371 g/mol. The number of hydrogen-bond acceptors (Lipinski definition) is 3. The van der Waals surface area contributed by atoms with E-state index >= 15 is 0 Å². The van der Waals surface area contributed by atoms with E-state index < -0.39 is 0 Å². The highest BCUT2D eigenvalue weighted by molar-refractivity contribution is 5.95. The van der Waals surface area contributed by atoms with Crippen LogP contribution in [-0.2, 0) is 0 Å². The lowest BCUT2D eigenvalue weighted by Gasteiger charge is -2.16. The maximum Gasteiger partial charge on any atom is 0.251 e. The summed E-state index contributed by atoms with van der Waals surface area (Å²) in [5.41, 5.74) is 4.20. The normalized spacial score (nSPS) is 16.8. The van der Waals surface area contributed by atoms with Gasteiger partial charge >= 0.3 is 0 Å². The van der Waals surface area contributed by atoms with Crippen molar-refractivity contribution in [3.63, 3.8) is 0 Å². The van der Waals surface area contributed by atoms with Crippen LogP contribution in [0.15, 0.2) is 79.1 Å². The van der Waals surface area contributed by atoms with Gasteiger partial charge in [-0.05, 0) is 59.8 Å². The Morgan fingerprint density at radius 1 is 1.00 bits per heavy atom. The highest BCUT2D eigenvalue weighted by Crippen LogP contribution is 2.26. The molecule has 142 valence electrons. The number of nitrogens with zero attached hydrogens (tertiary/aromatic N) is 2. The van der Waals surface area contributed by atoms with Crippen LogP contribution in [0.2, 0.25) is 0 Å². The van der Waals surface area contributed by atoms with Crippen molar-refractivity contribution in [2.24, 2.45) is 0 Å². The smallest absolute Gasteiger partial charge is 0.251 e. The molecule has 2 heterocycles. The van der Waals surface area contributed by atoms with Crippen LogP contribution in [0.1, 0.15) is 28.3 Å². The maximum atomic E-state index is 12.5. The fraction of sp³-hybridized carbons (Fsp3) is 0.250. The zero-order valence-electron chi connectivity index (χ0n) is 15.9. The van der Waals surface area contributed by atoms with Gasteiger partial charge in [0.05, 0.1) is 0 Å². The molecule has 1 aromatic heterocycles. The second-order valence-electron chi connectivity index (χ2n) is 7.27. The summed E-state index contributed by atoms with van der Waals surface area (Å²) in [7, 11) is 0. The van der Waals surface area contributed by atoms with E-state index in [-0.39, 0.29) is 5.91 Å². The lowest BCUT2D eigenvalue weighted by atomic mass is 9.99. The van der Waals surface area contributed by atoms with Gasteiger partial charge in [-0.25, -0.2) is 0 Å². The van der Waals surface area contributed by atoms with Crippen LogP contribution in [0, 0.1) is 0 Å². The van der Waals surface area contributed by atoms with Crippen LogP contribution in [0.4, 0.5) is 0 Å². The third-order valence-corrected chi connectivity index (χ3v) is 5.40. The quantitative estimate of drug-likeness (QED) is 0.713. The first-order valence-corrected chi connectivity index (χ1v) is 9.85. The first-order valence-electron chi connectivity index (χ1n) is 9.85. The van der Waals surface area contributed by atoms with Crippen molar-refractivity contribution < 1.29 is 4.79 Å². The Morgan fingerprint density at radius 3 is 2.64 bits per heavy atom. The Bertz CT molecular complexity index is 911. The second kappa shape index (κ2) is 8.81. The molecule has 0 saturated carbocycles. The average molecular weight is 371 g/mol. The number of aromatic nitrogens is 1. The summed E-state index contributed by atoms with van der Waals surface area (Å²) in [6.45, 7) is 3.71. The third kappa shape index (κ3) is 4.46. The molecule has 4 rings (SSSR count). The van der Waals surface area contributed by atoms with Gasteiger partial charge in [-0.2, -0.15) is 0 Å². The standard InChI is InChI=1S/C24H25N3O/c28-24(22-8-4-7-21(17-22)20-9-12-25-13-10-20)26-14-16-27-15-11-23(18-27)19-5-2-1-3-6-19/h1-10,12-13,17,23H,11,14-16,18H2,(H,26,28). The largest absolute Gasteiger partial charge is 0.351 e. The van der Waals surface area contributed by atoms with Gasteiger partial charge in [-0.3, -0.25) is 9.78 Å². The molecule has 4 heteroatoms. The van der Waals surface area contributed by atoms with E-state index in [1.165, 1.54) is 12.0 Å². The summed E-state index contributed by atoms with van der Waals surface area (Å²) in [5, 5.41) is 3.07. The topological polar surface area (TPSA) is 45.2 Å². The predicted octanol–water partition coefficient (Wildman–Crippen LogP) is 3.97. The molecule has 1 aliphatic heterocycles. The van der Waals surface area contributed by atoms with E-state index in [2.05, 4.69) is 45.5 Å². The fourth-order valence-corrected chi connectivity index (χ4v) is 3.85. The highest BCUT2D eigenvalue weighted by Gasteiger charge is 2.23. The molecule has 1 N–H and O–H groups in total. The van der Waals surface area contributed by atoms with Crippen molar-refractivity contribution in [3.05, 3.63) is 90.3 Å². The lowest BCUT2D eigenvalue weighted by Crippen LogP contribution is -2.33. The van der Waals surface area contributed by atoms with Gasteiger partial charge in [0.2, 0.25) is 0 Å². The molecule has 1 amide bonds. The number of pyridine rings is 1. The van der Waals surface area contributed by atoms with E-state index in [0.29, 0.717) is 18.0 Å². The number of likely N-dealkylation sites (tertiary alicyclic amines) is 1. The van der Waals surface area contributed by atoms with E-state index in [1.54, 1.807) is 12.4 Å². The Balaban J connectivity index is 1.28. The molecule has 0 aliphatic carbocycles. The summed E-state index contributed by atoms with van der Waals surface area (Å²) < 4.78 is 0. The summed E-state index contributed by atoms with van der Waals surface area (Å²) in [5.74, 6) is 0.587. The minimum atomic E-state index is -0.0188. The first kappa shape index (κ1) is 18.4. The molecular formula is C24H25N3O. The lowest BCUT2D eigenvalue weighted by molar-refractivity contribution is 0.0949. The van der Waals surface area contributed by atoms with Crippen LogP contribution in [0.3, 0.4) is 0 Å². The number of benzene rings is 2. The molecular weight excluding hydrogens is 346 g/mol. The molecule has 0 bridgehead atoms. The molecule has 4 nitrogen and oxygen atoms in total. The van der Waals surface area contributed by atoms with Gasteiger partial charge in [0, 0.05) is 37.6 Å². The summed E-state index contributed by atoms with van der Waals surface area (Å²) in [6.07, 6.45) is 4.72. The van der Waals surface area contributed by atoms with Crippen molar-refractivity contribution in [3.8, 4) is 11.1 Å². The van der Waals surface area contributed by atoms with E-state index in [0.717, 1.165) is 30.8 Å². The van der Waals surface area contributed by atoms with Crippen molar-refractivity contribution >= 4 is 5.91 Å². The van der Waals surface area contributed by atoms with Crippen LogP contribution in [0.5, 0.6) is 0 Å². The van der Waals surface area contributed by atoms with Gasteiger partial charge in [-0.1, -0.05) is 42.5 Å².